The molecule has 0 atom stereocenters. The molecule has 1 aromatic heterocycles. The quantitative estimate of drug-likeness (QED) is 0.545. The number of pyridine rings is 1. The summed E-state index contributed by atoms with van der Waals surface area (Å²) < 4.78 is 57.2. The molecule has 2 aliphatic rings. The SMILES string of the molecule is COCCN(C)c1cc(Cc2ccc(C(=O)N3CCOCC3)cc2OC)nc2c1C(C(F)(F)F)=CC2. The highest BCUT2D eigenvalue weighted by Crippen LogP contribution is 2.44. The van der Waals surface area contributed by atoms with Crippen LogP contribution < -0.4 is 9.64 Å². The molecule has 2 aromatic rings. The summed E-state index contributed by atoms with van der Waals surface area (Å²) in [5.41, 5.74) is 2.26. The first-order chi connectivity index (χ1) is 17.2. The highest BCUT2D eigenvalue weighted by Gasteiger charge is 2.40. The average Bonchev–Trinajstić information content (AvgIpc) is 3.32. The van der Waals surface area contributed by atoms with Crippen LogP contribution in [0.5, 0.6) is 5.75 Å². The van der Waals surface area contributed by atoms with E-state index in [4.69, 9.17) is 14.2 Å². The molecule has 4 rings (SSSR count). The van der Waals surface area contributed by atoms with Gasteiger partial charge in [-0.25, -0.2) is 0 Å². The molecule has 1 aliphatic heterocycles. The number of allylic oxidation sites excluding steroid dienone is 2. The van der Waals surface area contributed by atoms with Gasteiger partial charge in [0, 0.05) is 74.7 Å². The fraction of sp³-hybridized carbons (Fsp3) is 0.462. The van der Waals surface area contributed by atoms with Gasteiger partial charge in [0.05, 0.1) is 38.2 Å². The van der Waals surface area contributed by atoms with Gasteiger partial charge in [0.25, 0.3) is 5.91 Å². The van der Waals surface area contributed by atoms with Gasteiger partial charge < -0.3 is 24.0 Å². The molecule has 7 nitrogen and oxygen atoms in total. The van der Waals surface area contributed by atoms with E-state index < -0.39 is 11.7 Å². The number of methoxy groups -OCH3 is 2. The lowest BCUT2D eigenvalue weighted by Crippen LogP contribution is -2.40. The van der Waals surface area contributed by atoms with E-state index >= 15 is 0 Å². The third kappa shape index (κ3) is 5.49. The van der Waals surface area contributed by atoms with Crippen LogP contribution in [0, 0.1) is 0 Å². The van der Waals surface area contributed by atoms with Crippen LogP contribution >= 0.6 is 0 Å². The molecule has 0 bridgehead atoms. The zero-order valence-corrected chi connectivity index (χ0v) is 20.7. The van der Waals surface area contributed by atoms with Crippen molar-refractivity contribution in [1.82, 2.24) is 9.88 Å². The molecular weight excluding hydrogens is 475 g/mol. The monoisotopic (exact) mass is 505 g/mol. The van der Waals surface area contributed by atoms with E-state index in [1.165, 1.54) is 13.2 Å². The molecule has 1 aromatic carbocycles. The molecule has 1 amide bonds. The number of amides is 1. The smallest absolute Gasteiger partial charge is 0.416 e. The average molecular weight is 506 g/mol. The molecule has 0 saturated carbocycles. The van der Waals surface area contributed by atoms with Gasteiger partial charge in [-0.15, -0.1) is 0 Å². The molecule has 36 heavy (non-hydrogen) atoms. The summed E-state index contributed by atoms with van der Waals surface area (Å²) in [6, 6.07) is 6.97. The van der Waals surface area contributed by atoms with Crippen molar-refractivity contribution in [2.75, 3.05) is 65.6 Å². The second-order valence-electron chi connectivity index (χ2n) is 8.80. The summed E-state index contributed by atoms with van der Waals surface area (Å²) >= 11 is 0. The van der Waals surface area contributed by atoms with Crippen LogP contribution in [0.25, 0.3) is 5.57 Å². The number of halogens is 3. The predicted octanol–water partition coefficient (Wildman–Crippen LogP) is 3.74. The third-order valence-electron chi connectivity index (χ3n) is 6.45. The summed E-state index contributed by atoms with van der Waals surface area (Å²) in [6.45, 7) is 2.90. The number of hydrogen-bond donors (Lipinski definition) is 0. The van der Waals surface area contributed by atoms with Crippen molar-refractivity contribution in [2.45, 2.75) is 19.0 Å². The van der Waals surface area contributed by atoms with Gasteiger partial charge in [-0.05, 0) is 18.2 Å². The first kappa shape index (κ1) is 26.0. The molecule has 1 saturated heterocycles. The van der Waals surface area contributed by atoms with E-state index in [0.29, 0.717) is 74.3 Å². The van der Waals surface area contributed by atoms with Gasteiger partial charge in [0.1, 0.15) is 5.75 Å². The Bertz CT molecular complexity index is 1140. The molecule has 2 heterocycles. The minimum absolute atomic E-state index is 0.0911. The minimum Gasteiger partial charge on any atom is -0.496 e. The minimum atomic E-state index is -4.46. The van der Waals surface area contributed by atoms with E-state index in [2.05, 4.69) is 4.98 Å². The Morgan fingerprint density at radius 3 is 2.61 bits per heavy atom. The van der Waals surface area contributed by atoms with Crippen molar-refractivity contribution in [1.29, 1.82) is 0 Å². The van der Waals surface area contributed by atoms with E-state index in [0.717, 1.165) is 5.56 Å². The number of aromatic nitrogens is 1. The lowest BCUT2D eigenvalue weighted by molar-refractivity contribution is -0.0687. The van der Waals surface area contributed by atoms with E-state index in [-0.39, 0.29) is 17.9 Å². The zero-order chi connectivity index (χ0) is 25.9. The summed E-state index contributed by atoms with van der Waals surface area (Å²) in [4.78, 5) is 21.0. The Hall–Kier alpha value is -3.11. The van der Waals surface area contributed by atoms with Crippen molar-refractivity contribution in [3.8, 4) is 5.75 Å². The molecule has 10 heteroatoms. The number of alkyl halides is 3. The number of nitrogens with zero attached hydrogens (tertiary/aromatic N) is 3. The van der Waals surface area contributed by atoms with E-state index in [1.807, 2.05) is 6.07 Å². The normalized spacial score (nSPS) is 15.5. The Morgan fingerprint density at radius 2 is 1.94 bits per heavy atom. The van der Waals surface area contributed by atoms with Crippen LogP contribution in [0.3, 0.4) is 0 Å². The third-order valence-corrected chi connectivity index (χ3v) is 6.45. The topological polar surface area (TPSA) is 64.1 Å². The lowest BCUT2D eigenvalue weighted by Gasteiger charge is -2.27. The number of likely N-dealkylation sites (N-methyl/N-ethyl adjacent to an activating group) is 1. The maximum absolute atomic E-state index is 13.7. The van der Waals surface area contributed by atoms with Gasteiger partial charge in [-0.3, -0.25) is 9.78 Å². The number of morpholine rings is 1. The van der Waals surface area contributed by atoms with E-state index in [1.54, 1.807) is 42.2 Å². The summed E-state index contributed by atoms with van der Waals surface area (Å²) in [5.74, 6) is 0.436. The molecule has 0 radical (unpaired) electrons. The number of benzene rings is 1. The van der Waals surface area contributed by atoms with Crippen LogP contribution in [-0.4, -0.2) is 82.7 Å². The van der Waals surface area contributed by atoms with Gasteiger partial charge >= 0.3 is 6.18 Å². The second kappa shape index (κ2) is 10.9. The van der Waals surface area contributed by atoms with Crippen molar-refractivity contribution >= 4 is 17.2 Å². The Balaban J connectivity index is 1.64. The van der Waals surface area contributed by atoms with Crippen molar-refractivity contribution in [2.24, 2.45) is 0 Å². The maximum Gasteiger partial charge on any atom is 0.416 e. The van der Waals surface area contributed by atoms with Gasteiger partial charge in [-0.2, -0.15) is 13.2 Å². The predicted molar refractivity (Wildman–Crippen MR) is 130 cm³/mol. The number of anilines is 1. The zero-order valence-electron chi connectivity index (χ0n) is 20.7. The molecule has 194 valence electrons. The highest BCUT2D eigenvalue weighted by atomic mass is 19.4. The van der Waals surface area contributed by atoms with Crippen LogP contribution in [-0.2, 0) is 22.3 Å². The molecule has 1 fully saturated rings. The number of ether oxygens (including phenoxy) is 3. The van der Waals surface area contributed by atoms with Gasteiger partial charge in [0.15, 0.2) is 0 Å². The molecule has 0 N–H and O–H groups in total. The summed E-state index contributed by atoms with van der Waals surface area (Å²) in [5, 5.41) is 0. The number of fused-ring (bicyclic) bond motifs is 1. The first-order valence-corrected chi connectivity index (χ1v) is 11.8. The fourth-order valence-corrected chi connectivity index (χ4v) is 4.55. The second-order valence-corrected chi connectivity index (χ2v) is 8.80. The Morgan fingerprint density at radius 1 is 1.19 bits per heavy atom. The van der Waals surface area contributed by atoms with Gasteiger partial charge in [0.2, 0.25) is 0 Å². The van der Waals surface area contributed by atoms with Crippen molar-refractivity contribution in [3.05, 3.63) is 58.4 Å². The maximum atomic E-state index is 13.7. The number of hydrogen-bond acceptors (Lipinski definition) is 6. The van der Waals surface area contributed by atoms with Gasteiger partial charge in [-0.1, -0.05) is 12.1 Å². The van der Waals surface area contributed by atoms with Crippen LogP contribution in [0.2, 0.25) is 0 Å². The first-order valence-electron chi connectivity index (χ1n) is 11.8. The summed E-state index contributed by atoms with van der Waals surface area (Å²) in [6.07, 6.45) is -2.80. The fourth-order valence-electron chi connectivity index (χ4n) is 4.55. The Kier molecular flexibility index (Phi) is 7.85. The highest BCUT2D eigenvalue weighted by molar-refractivity contribution is 5.95. The standard InChI is InChI=1S/C26H30F3N3O4/c1-31(8-11-34-2)22-16-19(30-21-7-6-20(24(21)22)26(27,28)29)14-17-4-5-18(15-23(17)35-3)25(33)32-9-12-36-13-10-32/h4-6,15-16H,7-14H2,1-3H3. The molecule has 1 aliphatic carbocycles. The number of carbonyl (C=O) groups is 1. The van der Waals surface area contributed by atoms with Crippen molar-refractivity contribution in [3.63, 3.8) is 0 Å². The number of carbonyl (C=O) groups excluding carboxylic acids is 1. The van der Waals surface area contributed by atoms with E-state index in [9.17, 15) is 18.0 Å². The molecule has 0 spiro atoms. The van der Waals surface area contributed by atoms with Crippen LogP contribution in [0.1, 0.15) is 32.9 Å². The number of rotatable bonds is 8. The van der Waals surface area contributed by atoms with Crippen LogP contribution in [0.4, 0.5) is 18.9 Å². The molecule has 0 unspecified atom stereocenters. The summed E-state index contributed by atoms with van der Waals surface area (Å²) in [7, 11) is 4.83. The Labute approximate surface area is 208 Å². The lowest BCUT2D eigenvalue weighted by atomic mass is 10.0. The molecular formula is C26H30F3N3O4. The van der Waals surface area contributed by atoms with Crippen LogP contribution in [0.15, 0.2) is 30.3 Å². The largest absolute Gasteiger partial charge is 0.496 e. The van der Waals surface area contributed by atoms with Crippen molar-refractivity contribution < 1.29 is 32.2 Å².